The molecule has 0 bridgehead atoms. The smallest absolute Gasteiger partial charge is 0.160 e. The van der Waals surface area contributed by atoms with Gasteiger partial charge in [-0.1, -0.05) is 17.7 Å². The zero-order chi connectivity index (χ0) is 13.8. The Morgan fingerprint density at radius 2 is 2.16 bits per heavy atom. The Morgan fingerprint density at radius 3 is 2.89 bits per heavy atom. The van der Waals surface area contributed by atoms with Crippen molar-refractivity contribution >= 4 is 17.3 Å². The lowest BCUT2D eigenvalue weighted by Gasteiger charge is -2.10. The predicted octanol–water partition coefficient (Wildman–Crippen LogP) is 3.37. The molecule has 1 aromatic heterocycles. The third kappa shape index (κ3) is 3.29. The summed E-state index contributed by atoms with van der Waals surface area (Å²) in [4.78, 5) is 4.08. The zero-order valence-corrected chi connectivity index (χ0v) is 11.5. The molecule has 0 saturated heterocycles. The molecule has 1 heterocycles. The Bertz CT molecular complexity index is 588. The molecule has 100 valence electrons. The van der Waals surface area contributed by atoms with E-state index < -0.39 is 0 Å². The Hall–Kier alpha value is -1.94. The fraction of sp³-hybridized carbons (Fsp3) is 0.214. The number of methoxy groups -OCH3 is 1. The van der Waals surface area contributed by atoms with Crippen LogP contribution < -0.4 is 10.1 Å². The van der Waals surface area contributed by atoms with Crippen LogP contribution in [0.1, 0.15) is 11.1 Å². The summed E-state index contributed by atoms with van der Waals surface area (Å²) in [5, 5.41) is 13.2. The molecular formula is C14H15ClN2O2. The van der Waals surface area contributed by atoms with Crippen LogP contribution in [0.25, 0.3) is 0 Å². The summed E-state index contributed by atoms with van der Waals surface area (Å²) in [7, 11) is 1.52. The lowest BCUT2D eigenvalue weighted by atomic mass is 10.2. The molecule has 1 aromatic carbocycles. The van der Waals surface area contributed by atoms with Gasteiger partial charge < -0.3 is 15.2 Å². The van der Waals surface area contributed by atoms with Gasteiger partial charge in [0, 0.05) is 12.7 Å². The van der Waals surface area contributed by atoms with E-state index in [1.807, 2.05) is 19.1 Å². The van der Waals surface area contributed by atoms with Gasteiger partial charge in [0.25, 0.3) is 0 Å². The molecule has 0 fully saturated rings. The highest BCUT2D eigenvalue weighted by molar-refractivity contribution is 6.31. The number of halogens is 1. The van der Waals surface area contributed by atoms with Crippen molar-refractivity contribution in [3.05, 3.63) is 46.7 Å². The minimum Gasteiger partial charge on any atom is -0.504 e. The lowest BCUT2D eigenvalue weighted by Crippen LogP contribution is -2.01. The van der Waals surface area contributed by atoms with E-state index in [0.29, 0.717) is 17.4 Å². The molecule has 0 aliphatic heterocycles. The number of phenolic OH excluding ortho intramolecular Hbond substituents is 1. The zero-order valence-electron chi connectivity index (χ0n) is 10.8. The molecule has 19 heavy (non-hydrogen) atoms. The second kappa shape index (κ2) is 5.80. The predicted molar refractivity (Wildman–Crippen MR) is 76.0 cm³/mol. The van der Waals surface area contributed by atoms with Crippen molar-refractivity contribution in [1.29, 1.82) is 0 Å². The van der Waals surface area contributed by atoms with Gasteiger partial charge >= 0.3 is 0 Å². The molecule has 0 atom stereocenters. The number of hydrogen-bond acceptors (Lipinski definition) is 4. The third-order valence-corrected chi connectivity index (χ3v) is 3.00. The third-order valence-electron chi connectivity index (χ3n) is 2.70. The van der Waals surface area contributed by atoms with Crippen LogP contribution in [-0.2, 0) is 6.54 Å². The molecule has 2 aromatic rings. The van der Waals surface area contributed by atoms with Gasteiger partial charge in [-0.3, -0.25) is 0 Å². The second-order valence-corrected chi connectivity index (χ2v) is 4.57. The number of anilines is 1. The largest absolute Gasteiger partial charge is 0.504 e. The molecule has 0 saturated carbocycles. The average molecular weight is 279 g/mol. The molecule has 0 spiro atoms. The quantitative estimate of drug-likeness (QED) is 0.842. The number of ether oxygens (including phenoxy) is 1. The van der Waals surface area contributed by atoms with Crippen LogP contribution in [0.4, 0.5) is 5.69 Å². The number of aromatic hydroxyl groups is 1. The van der Waals surface area contributed by atoms with Gasteiger partial charge in [0.05, 0.1) is 12.8 Å². The number of aromatic nitrogens is 1. The van der Waals surface area contributed by atoms with Crippen molar-refractivity contribution in [2.24, 2.45) is 0 Å². The first kappa shape index (κ1) is 13.5. The van der Waals surface area contributed by atoms with Gasteiger partial charge in [-0.15, -0.1) is 0 Å². The highest BCUT2D eigenvalue weighted by Gasteiger charge is 2.05. The van der Waals surface area contributed by atoms with E-state index >= 15 is 0 Å². The molecule has 5 heteroatoms. The summed E-state index contributed by atoms with van der Waals surface area (Å²) in [5.41, 5.74) is 2.80. The maximum Gasteiger partial charge on any atom is 0.160 e. The van der Waals surface area contributed by atoms with Gasteiger partial charge in [-0.2, -0.15) is 0 Å². The van der Waals surface area contributed by atoms with E-state index in [0.717, 1.165) is 16.8 Å². The Kier molecular flexibility index (Phi) is 4.12. The highest BCUT2D eigenvalue weighted by Crippen LogP contribution is 2.27. The first-order valence-corrected chi connectivity index (χ1v) is 6.20. The fourth-order valence-corrected chi connectivity index (χ4v) is 1.88. The Morgan fingerprint density at radius 1 is 1.37 bits per heavy atom. The minimum absolute atomic E-state index is 0.126. The van der Waals surface area contributed by atoms with E-state index in [2.05, 4.69) is 10.3 Å². The molecule has 0 aliphatic carbocycles. The number of nitrogens with zero attached hydrogens (tertiary/aromatic N) is 1. The van der Waals surface area contributed by atoms with Crippen LogP contribution in [0.15, 0.2) is 30.5 Å². The maximum atomic E-state index is 9.52. The van der Waals surface area contributed by atoms with E-state index in [1.54, 1.807) is 18.3 Å². The highest BCUT2D eigenvalue weighted by atomic mass is 35.5. The molecule has 0 unspecified atom stereocenters. The summed E-state index contributed by atoms with van der Waals surface area (Å²) in [6.45, 7) is 2.53. The maximum absolute atomic E-state index is 9.52. The van der Waals surface area contributed by atoms with Crippen molar-refractivity contribution in [2.75, 3.05) is 12.4 Å². The monoisotopic (exact) mass is 278 g/mol. The van der Waals surface area contributed by atoms with Crippen molar-refractivity contribution in [3.63, 3.8) is 0 Å². The Labute approximate surface area is 117 Å². The summed E-state index contributed by atoms with van der Waals surface area (Å²) in [6.07, 6.45) is 1.72. The van der Waals surface area contributed by atoms with Crippen LogP contribution in [0.3, 0.4) is 0 Å². The topological polar surface area (TPSA) is 54.4 Å². The molecular weight excluding hydrogens is 264 g/mol. The van der Waals surface area contributed by atoms with E-state index in [-0.39, 0.29) is 5.75 Å². The molecule has 0 aliphatic rings. The normalized spacial score (nSPS) is 10.3. The van der Waals surface area contributed by atoms with Crippen LogP contribution in [0.2, 0.25) is 5.15 Å². The van der Waals surface area contributed by atoms with Crippen LogP contribution in [0, 0.1) is 6.92 Å². The summed E-state index contributed by atoms with van der Waals surface area (Å²) in [5.74, 6) is 0.578. The lowest BCUT2D eigenvalue weighted by molar-refractivity contribution is 0.373. The van der Waals surface area contributed by atoms with Crippen molar-refractivity contribution in [1.82, 2.24) is 4.98 Å². The van der Waals surface area contributed by atoms with E-state index in [9.17, 15) is 5.11 Å². The van der Waals surface area contributed by atoms with Crippen LogP contribution >= 0.6 is 11.6 Å². The number of aryl methyl sites for hydroxylation is 1. The first-order valence-electron chi connectivity index (χ1n) is 5.82. The number of benzene rings is 1. The SMILES string of the molecule is COc1cc(CNc2cc(C)cnc2Cl)ccc1O. The number of nitrogens with one attached hydrogen (secondary N) is 1. The second-order valence-electron chi connectivity index (χ2n) is 4.21. The number of pyridine rings is 1. The van der Waals surface area contributed by atoms with E-state index in [4.69, 9.17) is 16.3 Å². The molecule has 0 radical (unpaired) electrons. The van der Waals surface area contributed by atoms with Gasteiger partial charge in [-0.05, 0) is 36.2 Å². The van der Waals surface area contributed by atoms with Crippen LogP contribution in [-0.4, -0.2) is 17.2 Å². The molecule has 2 N–H and O–H groups in total. The van der Waals surface area contributed by atoms with Crippen molar-refractivity contribution < 1.29 is 9.84 Å². The molecule has 0 amide bonds. The van der Waals surface area contributed by atoms with Gasteiger partial charge in [0.15, 0.2) is 16.7 Å². The number of rotatable bonds is 4. The Balaban J connectivity index is 2.12. The van der Waals surface area contributed by atoms with Crippen molar-refractivity contribution in [2.45, 2.75) is 13.5 Å². The molecule has 4 nitrogen and oxygen atoms in total. The molecule has 2 rings (SSSR count). The van der Waals surface area contributed by atoms with Gasteiger partial charge in [0.1, 0.15) is 0 Å². The first-order chi connectivity index (χ1) is 9.10. The standard InChI is InChI=1S/C14H15ClN2O2/c1-9-5-11(14(15)17-7-9)16-8-10-3-4-12(18)13(6-10)19-2/h3-7,16,18H,8H2,1-2H3. The van der Waals surface area contributed by atoms with Gasteiger partial charge in [0.2, 0.25) is 0 Å². The minimum atomic E-state index is 0.126. The van der Waals surface area contributed by atoms with Crippen LogP contribution in [0.5, 0.6) is 11.5 Å². The summed E-state index contributed by atoms with van der Waals surface area (Å²) in [6, 6.07) is 7.14. The summed E-state index contributed by atoms with van der Waals surface area (Å²) >= 11 is 6.01. The summed E-state index contributed by atoms with van der Waals surface area (Å²) < 4.78 is 5.06. The number of hydrogen-bond donors (Lipinski definition) is 2. The van der Waals surface area contributed by atoms with Crippen molar-refractivity contribution in [3.8, 4) is 11.5 Å². The average Bonchev–Trinajstić information content (AvgIpc) is 2.41. The fourth-order valence-electron chi connectivity index (χ4n) is 1.71. The van der Waals surface area contributed by atoms with E-state index in [1.165, 1.54) is 7.11 Å². The van der Waals surface area contributed by atoms with Gasteiger partial charge in [-0.25, -0.2) is 4.98 Å². The number of phenols is 1.